The minimum Gasteiger partial charge on any atom is -0.326 e. The molecule has 3 heteroatoms. The maximum Gasteiger partial charge on any atom is 0.0180 e. The second-order valence-corrected chi connectivity index (χ2v) is 9.66. The number of benzene rings is 2. The van der Waals surface area contributed by atoms with E-state index in [0.29, 0.717) is 24.0 Å². The Morgan fingerprint density at radius 2 is 1.72 bits per heavy atom. The Balaban J connectivity index is 1.11. The van der Waals surface area contributed by atoms with Gasteiger partial charge >= 0.3 is 0 Å². The van der Waals surface area contributed by atoms with E-state index in [2.05, 4.69) is 65.7 Å². The highest BCUT2D eigenvalue weighted by atomic mass is 15.2. The number of nitrogens with two attached hydrogens (primary N) is 1. The number of aryl methyl sites for hydroxylation is 1. The quantitative estimate of drug-likeness (QED) is 0.794. The first-order valence-corrected chi connectivity index (χ1v) is 11.6. The van der Waals surface area contributed by atoms with Crippen LogP contribution in [0.15, 0.2) is 48.5 Å². The highest BCUT2D eigenvalue weighted by molar-refractivity contribution is 5.64. The summed E-state index contributed by atoms with van der Waals surface area (Å²) >= 11 is 0. The Morgan fingerprint density at radius 3 is 2.41 bits per heavy atom. The van der Waals surface area contributed by atoms with Crippen molar-refractivity contribution in [2.75, 3.05) is 13.1 Å². The van der Waals surface area contributed by atoms with E-state index in [1.165, 1.54) is 67.3 Å². The molecule has 0 bridgehead atoms. The zero-order valence-corrected chi connectivity index (χ0v) is 17.7. The van der Waals surface area contributed by atoms with Crippen molar-refractivity contribution in [3.05, 3.63) is 59.7 Å². The maximum atomic E-state index is 6.10. The topological polar surface area (TPSA) is 41.3 Å². The van der Waals surface area contributed by atoms with Crippen LogP contribution in [0.4, 0.5) is 0 Å². The summed E-state index contributed by atoms with van der Waals surface area (Å²) in [6, 6.07) is 20.6. The molecule has 29 heavy (non-hydrogen) atoms. The molecule has 2 aromatic carbocycles. The number of hydrogen-bond donors (Lipinski definition) is 2. The van der Waals surface area contributed by atoms with E-state index in [1.807, 2.05) is 0 Å². The van der Waals surface area contributed by atoms with E-state index in [4.69, 9.17) is 5.73 Å². The number of nitrogens with zero attached hydrogens (tertiary/aromatic N) is 1. The summed E-state index contributed by atoms with van der Waals surface area (Å²) in [5.74, 6) is 0.705. The van der Waals surface area contributed by atoms with Gasteiger partial charge in [0.15, 0.2) is 0 Å². The lowest BCUT2D eigenvalue weighted by Gasteiger charge is -2.35. The fraction of sp³-hybridized carbons (Fsp3) is 0.538. The van der Waals surface area contributed by atoms with Crippen LogP contribution in [0.25, 0.3) is 11.1 Å². The lowest BCUT2D eigenvalue weighted by atomic mass is 9.90. The molecular formula is C26H35N3. The minimum atomic E-state index is 0.412. The zero-order chi connectivity index (χ0) is 19.8. The molecule has 2 aromatic rings. The monoisotopic (exact) mass is 389 g/mol. The van der Waals surface area contributed by atoms with E-state index >= 15 is 0 Å². The van der Waals surface area contributed by atoms with Crippen LogP contribution in [0.3, 0.4) is 0 Å². The summed E-state index contributed by atoms with van der Waals surface area (Å²) in [4.78, 5) is 2.65. The Kier molecular flexibility index (Phi) is 5.47. The van der Waals surface area contributed by atoms with Gasteiger partial charge in [0.2, 0.25) is 0 Å². The van der Waals surface area contributed by atoms with Gasteiger partial charge in [0, 0.05) is 43.2 Å². The van der Waals surface area contributed by atoms with Crippen LogP contribution in [-0.4, -0.2) is 42.2 Å². The van der Waals surface area contributed by atoms with Gasteiger partial charge < -0.3 is 11.1 Å². The minimum absolute atomic E-state index is 0.412. The second-order valence-electron chi connectivity index (χ2n) is 9.66. The fourth-order valence-corrected chi connectivity index (χ4v) is 5.55. The highest BCUT2D eigenvalue weighted by Crippen LogP contribution is 2.42. The SMILES string of the molecule is Cc1cccc(-c2ccc([C@H]3C[C@@H]3NC3CCC(N4CC[C@@H](N)C4)CC3)cc2)c1. The smallest absolute Gasteiger partial charge is 0.0180 e. The Morgan fingerprint density at radius 1 is 0.931 bits per heavy atom. The molecule has 0 spiro atoms. The molecule has 3 aliphatic rings. The molecule has 0 radical (unpaired) electrons. The largest absolute Gasteiger partial charge is 0.326 e. The van der Waals surface area contributed by atoms with E-state index < -0.39 is 0 Å². The summed E-state index contributed by atoms with van der Waals surface area (Å²) in [5.41, 5.74) is 11.6. The molecule has 3 nitrogen and oxygen atoms in total. The van der Waals surface area contributed by atoms with Crippen LogP contribution < -0.4 is 11.1 Å². The van der Waals surface area contributed by atoms with Crippen LogP contribution in [-0.2, 0) is 0 Å². The van der Waals surface area contributed by atoms with Crippen molar-refractivity contribution in [2.45, 2.75) is 75.5 Å². The average Bonchev–Trinajstić information content (AvgIpc) is 3.37. The lowest BCUT2D eigenvalue weighted by molar-refractivity contribution is 0.171. The summed E-state index contributed by atoms with van der Waals surface area (Å²) in [5, 5.41) is 3.97. The molecule has 3 N–H and O–H groups in total. The van der Waals surface area contributed by atoms with Gasteiger partial charge in [0.25, 0.3) is 0 Å². The van der Waals surface area contributed by atoms with Crippen LogP contribution in [0.5, 0.6) is 0 Å². The van der Waals surface area contributed by atoms with Crippen molar-refractivity contribution in [2.24, 2.45) is 5.73 Å². The Bertz CT molecular complexity index is 822. The molecule has 3 atom stereocenters. The van der Waals surface area contributed by atoms with E-state index in [0.717, 1.165) is 12.6 Å². The van der Waals surface area contributed by atoms with Crippen LogP contribution >= 0.6 is 0 Å². The molecule has 0 amide bonds. The molecule has 2 aliphatic carbocycles. The standard InChI is InChI=1S/C26H35N3/c1-18-3-2-4-21(15-18)19-5-7-20(8-6-19)25-16-26(25)28-23-9-11-24(12-10-23)29-14-13-22(27)17-29/h2-8,15,22-26,28H,9-14,16-17,27H2,1H3/t22-,23?,24?,25-,26+/m1/s1. The van der Waals surface area contributed by atoms with Gasteiger partial charge in [-0.2, -0.15) is 0 Å². The molecule has 154 valence electrons. The molecule has 3 fully saturated rings. The molecule has 5 rings (SSSR count). The van der Waals surface area contributed by atoms with Gasteiger partial charge in [-0.15, -0.1) is 0 Å². The van der Waals surface area contributed by atoms with E-state index in [-0.39, 0.29) is 0 Å². The van der Waals surface area contributed by atoms with Gasteiger partial charge in [-0.1, -0.05) is 54.1 Å². The van der Waals surface area contributed by atoms with Crippen LogP contribution in [0, 0.1) is 6.92 Å². The maximum absolute atomic E-state index is 6.10. The summed E-state index contributed by atoms with van der Waals surface area (Å²) < 4.78 is 0. The average molecular weight is 390 g/mol. The predicted octanol–water partition coefficient (Wildman–Crippen LogP) is 4.45. The fourth-order valence-electron chi connectivity index (χ4n) is 5.55. The number of nitrogens with one attached hydrogen (secondary N) is 1. The van der Waals surface area contributed by atoms with Crippen molar-refractivity contribution in [3.8, 4) is 11.1 Å². The Hall–Kier alpha value is -1.68. The summed E-state index contributed by atoms with van der Waals surface area (Å²) in [7, 11) is 0. The van der Waals surface area contributed by atoms with Gasteiger partial charge in [0.05, 0.1) is 0 Å². The van der Waals surface area contributed by atoms with Gasteiger partial charge in [-0.05, 0) is 62.1 Å². The predicted molar refractivity (Wildman–Crippen MR) is 121 cm³/mol. The Labute approximate surface area is 175 Å². The first kappa shape index (κ1) is 19.3. The van der Waals surface area contributed by atoms with Gasteiger partial charge in [-0.3, -0.25) is 4.90 Å². The molecule has 1 saturated heterocycles. The van der Waals surface area contributed by atoms with Crippen molar-refractivity contribution in [1.82, 2.24) is 10.2 Å². The number of likely N-dealkylation sites (tertiary alicyclic amines) is 1. The van der Waals surface area contributed by atoms with Crippen LogP contribution in [0.1, 0.15) is 55.6 Å². The van der Waals surface area contributed by atoms with E-state index in [9.17, 15) is 0 Å². The van der Waals surface area contributed by atoms with Crippen LogP contribution in [0.2, 0.25) is 0 Å². The number of hydrogen-bond acceptors (Lipinski definition) is 3. The summed E-state index contributed by atoms with van der Waals surface area (Å²) in [6.45, 7) is 4.49. The summed E-state index contributed by atoms with van der Waals surface area (Å²) in [6.07, 6.45) is 7.81. The van der Waals surface area contributed by atoms with Crippen molar-refractivity contribution in [3.63, 3.8) is 0 Å². The molecule has 0 unspecified atom stereocenters. The number of rotatable bonds is 5. The highest BCUT2D eigenvalue weighted by Gasteiger charge is 2.40. The molecule has 0 aromatic heterocycles. The first-order valence-electron chi connectivity index (χ1n) is 11.6. The van der Waals surface area contributed by atoms with Gasteiger partial charge in [-0.25, -0.2) is 0 Å². The van der Waals surface area contributed by atoms with Gasteiger partial charge in [0.1, 0.15) is 0 Å². The third kappa shape index (κ3) is 4.42. The molecule has 1 heterocycles. The zero-order valence-electron chi connectivity index (χ0n) is 17.7. The van der Waals surface area contributed by atoms with E-state index in [1.54, 1.807) is 0 Å². The third-order valence-corrected chi connectivity index (χ3v) is 7.40. The molecule has 2 saturated carbocycles. The molecule has 1 aliphatic heterocycles. The normalized spacial score (nSPS) is 32.4. The lowest BCUT2D eigenvalue weighted by Crippen LogP contribution is -2.43. The van der Waals surface area contributed by atoms with Crippen molar-refractivity contribution < 1.29 is 0 Å². The molecular weight excluding hydrogens is 354 g/mol. The van der Waals surface area contributed by atoms with Crippen molar-refractivity contribution in [1.29, 1.82) is 0 Å². The van der Waals surface area contributed by atoms with Crippen molar-refractivity contribution >= 4 is 0 Å². The third-order valence-electron chi connectivity index (χ3n) is 7.40. The first-order chi connectivity index (χ1) is 14.2. The second kappa shape index (κ2) is 8.22.